The van der Waals surface area contributed by atoms with E-state index in [4.69, 9.17) is 4.42 Å². The van der Waals surface area contributed by atoms with Gasteiger partial charge in [0.1, 0.15) is 5.76 Å². The summed E-state index contributed by atoms with van der Waals surface area (Å²) < 4.78 is 44.1. The molecule has 2 heterocycles. The van der Waals surface area contributed by atoms with E-state index in [1.54, 1.807) is 0 Å². The largest absolute Gasteiger partial charge is 0.451 e. The molecule has 152 valence electrons. The molecule has 1 N–H and O–H groups in total. The predicted molar refractivity (Wildman–Crippen MR) is 100.0 cm³/mol. The smallest absolute Gasteiger partial charge is 0.416 e. The van der Waals surface area contributed by atoms with E-state index in [0.29, 0.717) is 0 Å². The van der Waals surface area contributed by atoms with Crippen LogP contribution in [0.3, 0.4) is 0 Å². The van der Waals surface area contributed by atoms with Gasteiger partial charge in [0.05, 0.1) is 16.7 Å². The van der Waals surface area contributed by atoms with E-state index in [0.717, 1.165) is 17.0 Å². The highest BCUT2D eigenvalue weighted by Crippen LogP contribution is 2.33. The van der Waals surface area contributed by atoms with Crippen molar-refractivity contribution >= 4 is 23.4 Å². The van der Waals surface area contributed by atoms with Gasteiger partial charge in [0, 0.05) is 18.3 Å². The molecule has 0 unspecified atom stereocenters. The molecular formula is C21H13F3N2O4. The number of hydrogen-bond acceptors (Lipinski definition) is 4. The number of benzene rings is 2. The average Bonchev–Trinajstić information content (AvgIpc) is 3.29. The Hall–Kier alpha value is -3.88. The normalized spacial score (nSPS) is 13.5. The van der Waals surface area contributed by atoms with Crippen LogP contribution in [0.5, 0.6) is 0 Å². The first kappa shape index (κ1) is 19.4. The first-order chi connectivity index (χ1) is 14.1. The molecule has 1 aromatic heterocycles. The number of rotatable bonds is 3. The molecule has 0 atom stereocenters. The maximum Gasteiger partial charge on any atom is 0.416 e. The van der Waals surface area contributed by atoms with Gasteiger partial charge in [-0.05, 0) is 42.5 Å². The fraction of sp³-hybridized carbons (Fsp3) is 0.0952. The van der Waals surface area contributed by atoms with Gasteiger partial charge in [0.2, 0.25) is 0 Å². The second-order valence-electron chi connectivity index (χ2n) is 6.63. The number of imide groups is 1. The molecule has 0 saturated carbocycles. The molecule has 0 spiro atoms. The Bertz CT molecular complexity index is 1200. The standard InChI is InChI=1S/C21H13F3N2O4/c1-26-19(28)14-6-5-13(10-15(14)20(26)29)25-18(27)17-8-7-16(30-17)11-3-2-4-12(9-11)21(22,23)24/h2-10H,1H3,(H,25,27). The SMILES string of the molecule is CN1C(=O)c2ccc(NC(=O)c3ccc(-c4cccc(C(F)(F)F)c4)o3)cc2C1=O. The predicted octanol–water partition coefficient (Wildman–Crippen LogP) is 4.44. The summed E-state index contributed by atoms with van der Waals surface area (Å²) in [5.74, 6) is -1.58. The van der Waals surface area contributed by atoms with Crippen LogP contribution in [0.4, 0.5) is 18.9 Å². The summed E-state index contributed by atoms with van der Waals surface area (Å²) in [6.45, 7) is 0. The van der Waals surface area contributed by atoms with Crippen LogP contribution >= 0.6 is 0 Å². The highest BCUT2D eigenvalue weighted by atomic mass is 19.4. The Morgan fingerprint density at radius 3 is 2.43 bits per heavy atom. The van der Waals surface area contributed by atoms with Crippen LogP contribution in [0.2, 0.25) is 0 Å². The number of nitrogens with zero attached hydrogens (tertiary/aromatic N) is 1. The number of fused-ring (bicyclic) bond motifs is 1. The van der Waals surface area contributed by atoms with Gasteiger partial charge in [0.25, 0.3) is 17.7 Å². The van der Waals surface area contributed by atoms with Crippen molar-refractivity contribution in [1.82, 2.24) is 4.90 Å². The van der Waals surface area contributed by atoms with Gasteiger partial charge in [-0.15, -0.1) is 0 Å². The number of amides is 3. The number of nitrogens with one attached hydrogen (secondary N) is 1. The molecule has 9 heteroatoms. The monoisotopic (exact) mass is 414 g/mol. The highest BCUT2D eigenvalue weighted by molar-refractivity contribution is 6.21. The van der Waals surface area contributed by atoms with Gasteiger partial charge in [-0.1, -0.05) is 12.1 Å². The molecule has 1 aliphatic heterocycles. The number of anilines is 1. The van der Waals surface area contributed by atoms with Gasteiger partial charge >= 0.3 is 6.18 Å². The number of halogens is 3. The summed E-state index contributed by atoms with van der Waals surface area (Å²) in [6, 6.07) is 11.6. The fourth-order valence-electron chi connectivity index (χ4n) is 3.10. The summed E-state index contributed by atoms with van der Waals surface area (Å²) >= 11 is 0. The van der Waals surface area contributed by atoms with Crippen molar-refractivity contribution in [2.45, 2.75) is 6.18 Å². The Kier molecular flexibility index (Phi) is 4.45. The first-order valence-electron chi connectivity index (χ1n) is 8.70. The van der Waals surface area contributed by atoms with Crippen LogP contribution in [0.1, 0.15) is 36.8 Å². The number of alkyl halides is 3. The lowest BCUT2D eigenvalue weighted by Gasteiger charge is -2.07. The quantitative estimate of drug-likeness (QED) is 0.643. The zero-order valence-corrected chi connectivity index (χ0v) is 15.4. The molecule has 0 bridgehead atoms. The van der Waals surface area contributed by atoms with Gasteiger partial charge in [-0.2, -0.15) is 13.2 Å². The highest BCUT2D eigenvalue weighted by Gasteiger charge is 2.33. The van der Waals surface area contributed by atoms with E-state index in [2.05, 4.69) is 5.32 Å². The van der Waals surface area contributed by atoms with E-state index < -0.39 is 29.5 Å². The van der Waals surface area contributed by atoms with Gasteiger partial charge in [0.15, 0.2) is 5.76 Å². The molecule has 0 aliphatic carbocycles. The van der Waals surface area contributed by atoms with Crippen molar-refractivity contribution in [1.29, 1.82) is 0 Å². The van der Waals surface area contributed by atoms with Crippen molar-refractivity contribution in [2.24, 2.45) is 0 Å². The lowest BCUT2D eigenvalue weighted by molar-refractivity contribution is -0.137. The Labute approximate surface area is 167 Å². The third kappa shape index (κ3) is 3.34. The van der Waals surface area contributed by atoms with Gasteiger partial charge < -0.3 is 9.73 Å². The number of hydrogen-bond donors (Lipinski definition) is 1. The summed E-state index contributed by atoms with van der Waals surface area (Å²) in [5.41, 5.74) is 0.0280. The summed E-state index contributed by atoms with van der Waals surface area (Å²) in [7, 11) is 1.36. The van der Waals surface area contributed by atoms with E-state index in [-0.39, 0.29) is 33.9 Å². The van der Waals surface area contributed by atoms with E-state index in [9.17, 15) is 27.6 Å². The van der Waals surface area contributed by atoms with Gasteiger partial charge in [-0.3, -0.25) is 19.3 Å². The number of furan rings is 1. The van der Waals surface area contributed by atoms with E-state index >= 15 is 0 Å². The van der Waals surface area contributed by atoms with Crippen molar-refractivity contribution in [2.75, 3.05) is 12.4 Å². The zero-order chi connectivity index (χ0) is 21.6. The molecule has 4 rings (SSSR count). The lowest BCUT2D eigenvalue weighted by Crippen LogP contribution is -2.24. The minimum atomic E-state index is -4.50. The van der Waals surface area contributed by atoms with Crippen LogP contribution in [-0.4, -0.2) is 29.7 Å². The maximum absolute atomic E-state index is 12.9. The van der Waals surface area contributed by atoms with E-state index in [1.807, 2.05) is 0 Å². The Balaban J connectivity index is 1.55. The Morgan fingerprint density at radius 2 is 1.70 bits per heavy atom. The number of carbonyl (C=O) groups is 3. The van der Waals surface area contributed by atoms with Crippen LogP contribution < -0.4 is 5.32 Å². The number of carbonyl (C=O) groups excluding carboxylic acids is 3. The average molecular weight is 414 g/mol. The Morgan fingerprint density at radius 1 is 0.967 bits per heavy atom. The van der Waals surface area contributed by atoms with Gasteiger partial charge in [-0.25, -0.2) is 0 Å². The van der Waals surface area contributed by atoms with E-state index in [1.165, 1.54) is 49.5 Å². The molecule has 2 aromatic carbocycles. The molecule has 1 aliphatic rings. The molecule has 0 fully saturated rings. The molecule has 3 aromatic rings. The lowest BCUT2D eigenvalue weighted by atomic mass is 10.1. The minimum absolute atomic E-state index is 0.0996. The van der Waals surface area contributed by atoms with Crippen LogP contribution in [0.15, 0.2) is 59.0 Å². The summed E-state index contributed by atoms with van der Waals surface area (Å²) in [5, 5.41) is 2.54. The molecule has 6 nitrogen and oxygen atoms in total. The third-order valence-electron chi connectivity index (χ3n) is 4.65. The molecule has 3 amide bonds. The van der Waals surface area contributed by atoms with Crippen LogP contribution in [0, 0.1) is 0 Å². The van der Waals surface area contributed by atoms with Crippen molar-refractivity contribution < 1.29 is 32.0 Å². The van der Waals surface area contributed by atoms with Crippen LogP contribution in [-0.2, 0) is 6.18 Å². The van der Waals surface area contributed by atoms with Crippen LogP contribution in [0.25, 0.3) is 11.3 Å². The summed E-state index contributed by atoms with van der Waals surface area (Å²) in [4.78, 5) is 37.4. The second kappa shape index (κ2) is 6.87. The van der Waals surface area contributed by atoms with Crippen molar-refractivity contribution in [3.63, 3.8) is 0 Å². The molecular weight excluding hydrogens is 401 g/mol. The third-order valence-corrected chi connectivity index (χ3v) is 4.65. The van der Waals surface area contributed by atoms with Crippen molar-refractivity contribution in [3.05, 3.63) is 77.0 Å². The molecule has 0 radical (unpaired) electrons. The summed E-state index contributed by atoms with van der Waals surface area (Å²) in [6.07, 6.45) is -4.50. The second-order valence-corrected chi connectivity index (χ2v) is 6.63. The fourth-order valence-corrected chi connectivity index (χ4v) is 3.10. The topological polar surface area (TPSA) is 79.6 Å². The maximum atomic E-state index is 12.9. The zero-order valence-electron chi connectivity index (χ0n) is 15.4. The first-order valence-corrected chi connectivity index (χ1v) is 8.70. The minimum Gasteiger partial charge on any atom is -0.451 e. The molecule has 30 heavy (non-hydrogen) atoms. The molecule has 0 saturated heterocycles. The van der Waals surface area contributed by atoms with Crippen molar-refractivity contribution in [3.8, 4) is 11.3 Å².